The monoisotopic (exact) mass is 409 g/mol. The van der Waals surface area contributed by atoms with Crippen molar-refractivity contribution in [2.75, 3.05) is 0 Å². The summed E-state index contributed by atoms with van der Waals surface area (Å²) in [4.78, 5) is 0. The van der Waals surface area contributed by atoms with E-state index in [4.69, 9.17) is 0 Å². The molecule has 0 fully saturated rings. The zero-order valence-corrected chi connectivity index (χ0v) is 21.5. The number of aromatic nitrogens is 1. The molecule has 1 aromatic carbocycles. The molecule has 1 nitrogen and oxygen atoms in total. The maximum atomic E-state index is 4.22. The third-order valence-electron chi connectivity index (χ3n) is 4.28. The first-order chi connectivity index (χ1) is 14.5. The minimum absolute atomic E-state index is 1.05. The maximum Gasteiger partial charge on any atom is 0.0488 e. The smallest absolute Gasteiger partial charge is 0.0488 e. The van der Waals surface area contributed by atoms with Crippen LogP contribution >= 0.6 is 0 Å². The summed E-state index contributed by atoms with van der Waals surface area (Å²) < 4.78 is 2.30. The molecule has 1 aliphatic rings. The van der Waals surface area contributed by atoms with E-state index in [1.807, 2.05) is 34.6 Å². The highest BCUT2D eigenvalue weighted by atomic mass is 14.9. The number of hydrogen-bond donors (Lipinski definition) is 0. The van der Waals surface area contributed by atoms with Gasteiger partial charge in [-0.1, -0.05) is 91.8 Å². The van der Waals surface area contributed by atoms with Gasteiger partial charge in [0.05, 0.1) is 0 Å². The molecule has 0 aliphatic heterocycles. The van der Waals surface area contributed by atoms with Gasteiger partial charge in [0.2, 0.25) is 0 Å². The van der Waals surface area contributed by atoms with Crippen LogP contribution in [0.15, 0.2) is 49.6 Å². The molecule has 2 aromatic rings. The minimum atomic E-state index is 1.05. The van der Waals surface area contributed by atoms with Crippen LogP contribution in [0.5, 0.6) is 0 Å². The predicted molar refractivity (Wildman–Crippen MR) is 143 cm³/mol. The molecule has 1 heterocycles. The molecular weight excluding hydrogens is 362 g/mol. The van der Waals surface area contributed by atoms with Crippen LogP contribution in [0.3, 0.4) is 0 Å². The minimum Gasteiger partial charge on any atom is -0.344 e. The molecule has 0 atom stereocenters. The van der Waals surface area contributed by atoms with Crippen molar-refractivity contribution >= 4 is 22.6 Å². The molecular formula is C29H47N. The number of fused-ring (bicyclic) bond motifs is 3. The zero-order chi connectivity index (χ0) is 23.7. The van der Waals surface area contributed by atoms with Crippen LogP contribution in [-0.4, -0.2) is 4.57 Å². The summed E-state index contributed by atoms with van der Waals surface area (Å²) in [6.45, 7) is 26.1. The first kappa shape index (κ1) is 29.9. The Hall–Kier alpha value is -2.28. The van der Waals surface area contributed by atoms with Crippen molar-refractivity contribution in [3.8, 4) is 0 Å². The number of hydrogen-bond acceptors (Lipinski definition) is 0. The van der Waals surface area contributed by atoms with Gasteiger partial charge >= 0.3 is 0 Å². The van der Waals surface area contributed by atoms with Crippen LogP contribution in [0, 0.1) is 6.92 Å². The van der Waals surface area contributed by atoms with Gasteiger partial charge in [0, 0.05) is 23.6 Å². The highest BCUT2D eigenvalue weighted by Crippen LogP contribution is 2.35. The lowest BCUT2D eigenvalue weighted by molar-refractivity contribution is 0.951. The van der Waals surface area contributed by atoms with E-state index < -0.39 is 0 Å². The SMILES string of the molecule is C=C(/C=C\CC)c1ccc2c(c1C)c1c(n2C)C=CC1.C=CC.CC.CC.CCC. The largest absolute Gasteiger partial charge is 0.344 e. The standard InChI is InChI=1S/C19H21N.C3H8.C3H6.2C2H6/c1-5-6-8-13(2)15-11-12-18-19(14(15)3)16-9-7-10-17(16)20(18)4;2*1-3-2;2*1-2/h6-8,10-12H,2,5,9H2,1,3-4H3;3H2,1-2H3;3H,1H2,2H3;2*1-2H3/b8-6-;;;;. The molecule has 30 heavy (non-hydrogen) atoms. The van der Waals surface area contributed by atoms with E-state index >= 15 is 0 Å². The van der Waals surface area contributed by atoms with E-state index in [9.17, 15) is 0 Å². The van der Waals surface area contributed by atoms with Crippen molar-refractivity contribution in [3.05, 3.63) is 72.0 Å². The summed E-state index contributed by atoms with van der Waals surface area (Å²) in [6.07, 6.45) is 13.9. The molecule has 0 saturated carbocycles. The third kappa shape index (κ3) is 7.86. The van der Waals surface area contributed by atoms with Gasteiger partial charge in [-0.25, -0.2) is 0 Å². The topological polar surface area (TPSA) is 4.93 Å². The molecule has 168 valence electrons. The third-order valence-corrected chi connectivity index (χ3v) is 4.28. The fraction of sp³-hybridized carbons (Fsp3) is 0.448. The van der Waals surface area contributed by atoms with Crippen LogP contribution in [0.2, 0.25) is 0 Å². The summed E-state index contributed by atoms with van der Waals surface area (Å²) in [6, 6.07) is 4.44. The van der Waals surface area contributed by atoms with Gasteiger partial charge in [-0.05, 0) is 61.1 Å². The fourth-order valence-corrected chi connectivity index (χ4v) is 3.22. The Morgan fingerprint density at radius 1 is 1.10 bits per heavy atom. The van der Waals surface area contributed by atoms with Gasteiger partial charge in [-0.15, -0.1) is 6.58 Å². The van der Waals surface area contributed by atoms with E-state index in [1.165, 1.54) is 39.7 Å². The Morgan fingerprint density at radius 2 is 1.63 bits per heavy atom. The molecule has 0 spiro atoms. The second-order valence-corrected chi connectivity index (χ2v) is 6.61. The summed E-state index contributed by atoms with van der Waals surface area (Å²) in [5, 5.41) is 1.41. The molecule has 0 bridgehead atoms. The second-order valence-electron chi connectivity index (χ2n) is 6.61. The highest BCUT2D eigenvalue weighted by molar-refractivity contribution is 5.96. The van der Waals surface area contributed by atoms with E-state index in [-0.39, 0.29) is 0 Å². The van der Waals surface area contributed by atoms with E-state index in [0.717, 1.165) is 18.4 Å². The van der Waals surface area contributed by atoms with Crippen molar-refractivity contribution in [1.29, 1.82) is 0 Å². The number of benzene rings is 1. The lowest BCUT2D eigenvalue weighted by atomic mass is 9.96. The molecule has 0 amide bonds. The summed E-state index contributed by atoms with van der Waals surface area (Å²) >= 11 is 0. The van der Waals surface area contributed by atoms with Crippen LogP contribution in [-0.2, 0) is 13.5 Å². The van der Waals surface area contributed by atoms with Gasteiger partial charge in [0.1, 0.15) is 0 Å². The van der Waals surface area contributed by atoms with E-state index in [0.29, 0.717) is 0 Å². The van der Waals surface area contributed by atoms with Gasteiger partial charge in [0.25, 0.3) is 0 Å². The highest BCUT2D eigenvalue weighted by Gasteiger charge is 2.18. The molecule has 1 aromatic heterocycles. The Bertz CT molecular complexity index is 813. The summed E-state index contributed by atoms with van der Waals surface area (Å²) in [5.74, 6) is 0. The van der Waals surface area contributed by atoms with Gasteiger partial charge in [-0.3, -0.25) is 0 Å². The summed E-state index contributed by atoms with van der Waals surface area (Å²) in [7, 11) is 2.15. The van der Waals surface area contributed by atoms with Gasteiger partial charge in [-0.2, -0.15) is 0 Å². The molecule has 3 rings (SSSR count). The summed E-state index contributed by atoms with van der Waals surface area (Å²) in [5.41, 5.74) is 7.88. The molecule has 0 saturated heterocycles. The van der Waals surface area contributed by atoms with Crippen molar-refractivity contribution in [2.45, 2.75) is 81.6 Å². The van der Waals surface area contributed by atoms with Crippen molar-refractivity contribution in [2.24, 2.45) is 7.05 Å². The van der Waals surface area contributed by atoms with Crippen LogP contribution in [0.25, 0.3) is 22.6 Å². The van der Waals surface area contributed by atoms with Crippen LogP contribution in [0.1, 0.15) is 90.6 Å². The maximum absolute atomic E-state index is 4.22. The number of aryl methyl sites for hydroxylation is 2. The molecule has 0 unspecified atom stereocenters. The number of rotatable bonds is 3. The Labute approximate surface area is 187 Å². The Morgan fingerprint density at radius 3 is 2.13 bits per heavy atom. The van der Waals surface area contributed by atoms with E-state index in [1.54, 1.807) is 6.08 Å². The first-order valence-corrected chi connectivity index (χ1v) is 11.7. The Kier molecular flexibility index (Phi) is 17.5. The molecule has 0 N–H and O–H groups in total. The van der Waals surface area contributed by atoms with Crippen LogP contribution < -0.4 is 0 Å². The second kappa shape index (κ2) is 17.6. The lowest BCUT2D eigenvalue weighted by Crippen LogP contribution is -1.91. The average Bonchev–Trinajstić information content (AvgIpc) is 3.34. The Balaban J connectivity index is 0. The first-order valence-electron chi connectivity index (χ1n) is 11.7. The van der Waals surface area contributed by atoms with Gasteiger partial charge in [0.15, 0.2) is 0 Å². The van der Waals surface area contributed by atoms with E-state index in [2.05, 4.69) is 88.9 Å². The lowest BCUT2D eigenvalue weighted by Gasteiger charge is -2.09. The van der Waals surface area contributed by atoms with Crippen molar-refractivity contribution in [3.63, 3.8) is 0 Å². The van der Waals surface area contributed by atoms with Crippen molar-refractivity contribution < 1.29 is 0 Å². The fourth-order valence-electron chi connectivity index (χ4n) is 3.22. The molecule has 1 heteroatoms. The van der Waals surface area contributed by atoms with Gasteiger partial charge < -0.3 is 4.57 Å². The quantitative estimate of drug-likeness (QED) is 0.351. The molecule has 0 radical (unpaired) electrons. The average molecular weight is 410 g/mol. The number of allylic oxidation sites excluding steroid dienone is 5. The van der Waals surface area contributed by atoms with Crippen molar-refractivity contribution in [1.82, 2.24) is 4.57 Å². The predicted octanol–water partition coefficient (Wildman–Crippen LogP) is 9.70. The normalized spacial score (nSPS) is 10.5. The molecule has 1 aliphatic carbocycles. The number of nitrogens with zero attached hydrogens (tertiary/aromatic N) is 1. The van der Waals surface area contributed by atoms with Crippen LogP contribution in [0.4, 0.5) is 0 Å². The zero-order valence-electron chi connectivity index (χ0n) is 21.5.